The summed E-state index contributed by atoms with van der Waals surface area (Å²) in [4.78, 5) is 10.9. The third-order valence-electron chi connectivity index (χ3n) is 1.50. The monoisotopic (exact) mass is 268 g/mol. The third kappa shape index (κ3) is 1.75. The predicted molar refractivity (Wildman–Crippen MR) is 45.4 cm³/mol. The van der Waals surface area contributed by atoms with E-state index in [1.54, 1.807) is 0 Å². The average molecular weight is 269 g/mol. The lowest BCUT2D eigenvalue weighted by Gasteiger charge is -2.05. The Labute approximate surface area is 85.8 Å². The van der Waals surface area contributed by atoms with Crippen LogP contribution in [0.1, 0.15) is 10.4 Å². The lowest BCUT2D eigenvalue weighted by molar-refractivity contribution is 0.0593. The summed E-state index contributed by atoms with van der Waals surface area (Å²) in [5, 5.41) is 0. The van der Waals surface area contributed by atoms with E-state index in [1.165, 1.54) is 0 Å². The molecule has 6 heteroatoms. The van der Waals surface area contributed by atoms with E-state index < -0.39 is 29.0 Å². The molecule has 0 unspecified atom stereocenters. The zero-order valence-corrected chi connectivity index (χ0v) is 8.49. The van der Waals surface area contributed by atoms with Gasteiger partial charge in [0.25, 0.3) is 0 Å². The van der Waals surface area contributed by atoms with Crippen molar-refractivity contribution in [2.24, 2.45) is 0 Å². The SMILES string of the molecule is COC(=O)c1c(Br)cc(F)c(F)c1F. The number of hydrogen-bond acceptors (Lipinski definition) is 2. The molecule has 0 aromatic heterocycles. The van der Waals surface area contributed by atoms with Crippen molar-refractivity contribution in [3.63, 3.8) is 0 Å². The van der Waals surface area contributed by atoms with Crippen molar-refractivity contribution in [2.75, 3.05) is 7.11 Å². The van der Waals surface area contributed by atoms with Crippen LogP contribution in [-0.4, -0.2) is 13.1 Å². The maximum Gasteiger partial charge on any atom is 0.342 e. The highest BCUT2D eigenvalue weighted by Crippen LogP contribution is 2.25. The molecule has 76 valence electrons. The Morgan fingerprint density at radius 3 is 2.43 bits per heavy atom. The molecule has 14 heavy (non-hydrogen) atoms. The molecular formula is C8H4BrF3O2. The first-order valence-corrected chi connectivity index (χ1v) is 4.19. The van der Waals surface area contributed by atoms with Crippen molar-refractivity contribution >= 4 is 21.9 Å². The van der Waals surface area contributed by atoms with Crippen molar-refractivity contribution < 1.29 is 22.7 Å². The predicted octanol–water partition coefficient (Wildman–Crippen LogP) is 2.65. The third-order valence-corrected chi connectivity index (χ3v) is 2.13. The van der Waals surface area contributed by atoms with Crippen LogP contribution in [0.15, 0.2) is 10.5 Å². The molecule has 1 aromatic carbocycles. The molecule has 1 rings (SSSR count). The first kappa shape index (κ1) is 11.0. The fraction of sp³-hybridized carbons (Fsp3) is 0.125. The van der Waals surface area contributed by atoms with Crippen LogP contribution in [0.25, 0.3) is 0 Å². The van der Waals surface area contributed by atoms with E-state index in [4.69, 9.17) is 0 Å². The minimum absolute atomic E-state index is 0.194. The minimum Gasteiger partial charge on any atom is -0.465 e. The molecule has 0 aliphatic rings. The Bertz CT molecular complexity index is 393. The van der Waals surface area contributed by atoms with Crippen molar-refractivity contribution in [3.05, 3.63) is 33.6 Å². The molecule has 1 aromatic rings. The molecule has 0 saturated heterocycles. The first-order chi connectivity index (χ1) is 6.49. The van der Waals surface area contributed by atoms with E-state index in [0.717, 1.165) is 7.11 Å². The zero-order chi connectivity index (χ0) is 10.9. The summed E-state index contributed by atoms with van der Waals surface area (Å²) in [6.07, 6.45) is 0. The van der Waals surface area contributed by atoms with Gasteiger partial charge in [0.15, 0.2) is 17.5 Å². The van der Waals surface area contributed by atoms with Crippen LogP contribution in [0.5, 0.6) is 0 Å². The molecular weight excluding hydrogens is 265 g/mol. The zero-order valence-electron chi connectivity index (χ0n) is 6.91. The van der Waals surface area contributed by atoms with Gasteiger partial charge < -0.3 is 4.74 Å². The number of rotatable bonds is 1. The van der Waals surface area contributed by atoms with Gasteiger partial charge in [0.2, 0.25) is 0 Å². The van der Waals surface area contributed by atoms with Crippen molar-refractivity contribution in [2.45, 2.75) is 0 Å². The van der Waals surface area contributed by atoms with E-state index in [0.29, 0.717) is 6.07 Å². The fourth-order valence-electron chi connectivity index (χ4n) is 0.855. The van der Waals surface area contributed by atoms with Gasteiger partial charge in [-0.2, -0.15) is 0 Å². The highest BCUT2D eigenvalue weighted by atomic mass is 79.9. The van der Waals surface area contributed by atoms with E-state index in [1.807, 2.05) is 0 Å². The van der Waals surface area contributed by atoms with Crippen LogP contribution in [0.2, 0.25) is 0 Å². The standard InChI is InChI=1S/C8H4BrF3O2/c1-14-8(13)5-3(9)2-4(10)6(11)7(5)12/h2H,1H3. The van der Waals surface area contributed by atoms with Crippen LogP contribution in [0.4, 0.5) is 13.2 Å². The largest absolute Gasteiger partial charge is 0.465 e. The molecule has 0 heterocycles. The van der Waals surface area contributed by atoms with Gasteiger partial charge in [0.05, 0.1) is 7.11 Å². The van der Waals surface area contributed by atoms with Gasteiger partial charge >= 0.3 is 5.97 Å². The summed E-state index contributed by atoms with van der Waals surface area (Å²) in [7, 11) is 1.01. The Balaban J connectivity index is 3.44. The van der Waals surface area contributed by atoms with E-state index in [-0.39, 0.29) is 4.47 Å². The fourth-order valence-corrected chi connectivity index (χ4v) is 1.39. The molecule has 0 amide bonds. The number of benzene rings is 1. The number of carbonyl (C=O) groups excluding carboxylic acids is 1. The minimum atomic E-state index is -1.70. The van der Waals surface area contributed by atoms with Crippen molar-refractivity contribution in [1.82, 2.24) is 0 Å². The number of ether oxygens (including phenoxy) is 1. The summed E-state index contributed by atoms with van der Waals surface area (Å²) in [6.45, 7) is 0. The second-order valence-corrected chi connectivity index (χ2v) is 3.19. The Morgan fingerprint density at radius 2 is 1.93 bits per heavy atom. The molecule has 0 fully saturated rings. The first-order valence-electron chi connectivity index (χ1n) is 3.40. The Morgan fingerprint density at radius 1 is 1.36 bits per heavy atom. The van der Waals surface area contributed by atoms with Crippen molar-refractivity contribution in [1.29, 1.82) is 0 Å². The second-order valence-electron chi connectivity index (χ2n) is 2.33. The average Bonchev–Trinajstić information content (AvgIpc) is 2.14. The molecule has 0 aliphatic heterocycles. The summed E-state index contributed by atoms with van der Waals surface area (Å²) in [6, 6.07) is 0.657. The normalized spacial score (nSPS) is 10.1. The van der Waals surface area contributed by atoms with E-state index >= 15 is 0 Å². The number of esters is 1. The number of methoxy groups -OCH3 is 1. The molecule has 0 aliphatic carbocycles. The molecule has 0 spiro atoms. The van der Waals surface area contributed by atoms with E-state index in [2.05, 4.69) is 20.7 Å². The maximum absolute atomic E-state index is 13.0. The quantitative estimate of drug-likeness (QED) is 0.445. The number of halogens is 4. The molecule has 0 bridgehead atoms. The number of hydrogen-bond donors (Lipinski definition) is 0. The van der Waals surface area contributed by atoms with Gasteiger partial charge in [0, 0.05) is 4.47 Å². The summed E-state index contributed by atoms with van der Waals surface area (Å²) >= 11 is 2.73. The van der Waals surface area contributed by atoms with Crippen LogP contribution >= 0.6 is 15.9 Å². The Kier molecular flexibility index (Phi) is 3.15. The topological polar surface area (TPSA) is 26.3 Å². The van der Waals surface area contributed by atoms with Crippen molar-refractivity contribution in [3.8, 4) is 0 Å². The van der Waals surface area contributed by atoms with Crippen LogP contribution in [0, 0.1) is 17.5 Å². The highest BCUT2D eigenvalue weighted by molar-refractivity contribution is 9.10. The smallest absolute Gasteiger partial charge is 0.342 e. The molecule has 0 saturated carbocycles. The summed E-state index contributed by atoms with van der Waals surface area (Å²) in [5.41, 5.74) is -0.661. The van der Waals surface area contributed by atoms with Gasteiger partial charge in [-0.25, -0.2) is 18.0 Å². The lowest BCUT2D eigenvalue weighted by atomic mass is 10.2. The van der Waals surface area contributed by atoms with Crippen LogP contribution < -0.4 is 0 Å². The van der Waals surface area contributed by atoms with Gasteiger partial charge in [-0.3, -0.25) is 0 Å². The molecule has 0 N–H and O–H groups in total. The summed E-state index contributed by atoms with van der Waals surface area (Å²) in [5.74, 6) is -5.72. The Hall–Kier alpha value is -1.04. The molecule has 0 atom stereocenters. The van der Waals surface area contributed by atoms with E-state index in [9.17, 15) is 18.0 Å². The molecule has 0 radical (unpaired) electrons. The second kappa shape index (κ2) is 4.00. The lowest BCUT2D eigenvalue weighted by Crippen LogP contribution is -2.08. The van der Waals surface area contributed by atoms with Crippen LogP contribution in [0.3, 0.4) is 0 Å². The highest BCUT2D eigenvalue weighted by Gasteiger charge is 2.23. The van der Waals surface area contributed by atoms with Gasteiger partial charge in [-0.05, 0) is 22.0 Å². The summed E-state index contributed by atoms with van der Waals surface area (Å²) < 4.78 is 42.3. The maximum atomic E-state index is 13.0. The number of carbonyl (C=O) groups is 1. The van der Waals surface area contributed by atoms with Crippen LogP contribution in [-0.2, 0) is 4.74 Å². The van der Waals surface area contributed by atoms with Gasteiger partial charge in [-0.15, -0.1) is 0 Å². The van der Waals surface area contributed by atoms with Gasteiger partial charge in [-0.1, -0.05) is 0 Å². The van der Waals surface area contributed by atoms with Gasteiger partial charge in [0.1, 0.15) is 5.56 Å². The molecule has 2 nitrogen and oxygen atoms in total.